The highest BCUT2D eigenvalue weighted by molar-refractivity contribution is 5.99. The Bertz CT molecular complexity index is 1100. The number of amides is 3. The summed E-state index contributed by atoms with van der Waals surface area (Å²) in [6.45, 7) is 13.2. The molecule has 3 amide bonds. The fourth-order valence-electron chi connectivity index (χ4n) is 4.07. The molecule has 8 nitrogen and oxygen atoms in total. The molecule has 0 aliphatic heterocycles. The normalized spacial score (nSPS) is 13.7. The molecule has 2 aromatic carbocycles. The molecule has 3 atom stereocenters. The Hall–Kier alpha value is -3.55. The number of carbonyl (C=O) groups is 3. The first kappa shape index (κ1) is 30.7. The van der Waals surface area contributed by atoms with Crippen molar-refractivity contribution in [1.82, 2.24) is 10.2 Å². The number of benzene rings is 2. The lowest BCUT2D eigenvalue weighted by molar-refractivity contribution is -0.142. The molecule has 2 rings (SSSR count). The van der Waals surface area contributed by atoms with Crippen molar-refractivity contribution in [3.63, 3.8) is 0 Å². The van der Waals surface area contributed by atoms with Crippen LogP contribution in [0.4, 0.5) is 10.5 Å². The second-order valence-electron chi connectivity index (χ2n) is 10.7. The van der Waals surface area contributed by atoms with Gasteiger partial charge in [-0.15, -0.1) is 0 Å². The molecule has 0 fully saturated rings. The number of rotatable bonds is 11. The molecular formula is C30H43N3O5. The lowest BCUT2D eigenvalue weighted by Crippen LogP contribution is -2.55. The fourth-order valence-corrected chi connectivity index (χ4v) is 4.07. The molecule has 0 aliphatic rings. The quantitative estimate of drug-likeness (QED) is 0.336. The lowest BCUT2D eigenvalue weighted by atomic mass is 9.95. The maximum absolute atomic E-state index is 14.2. The van der Waals surface area contributed by atoms with Gasteiger partial charge in [-0.25, -0.2) is 4.79 Å². The predicted octanol–water partition coefficient (Wildman–Crippen LogP) is 5.95. The van der Waals surface area contributed by atoms with Crippen LogP contribution in [0.15, 0.2) is 48.5 Å². The van der Waals surface area contributed by atoms with Gasteiger partial charge in [0.05, 0.1) is 0 Å². The van der Waals surface area contributed by atoms with Crippen LogP contribution in [0.5, 0.6) is 5.75 Å². The van der Waals surface area contributed by atoms with Gasteiger partial charge in [0.15, 0.2) is 0 Å². The number of para-hydroxylation sites is 2. The summed E-state index contributed by atoms with van der Waals surface area (Å²) >= 11 is 0. The predicted molar refractivity (Wildman–Crippen MR) is 150 cm³/mol. The fraction of sp³-hybridized carbons (Fsp3) is 0.500. The zero-order valence-electron chi connectivity index (χ0n) is 23.7. The van der Waals surface area contributed by atoms with Gasteiger partial charge < -0.3 is 25.4 Å². The first-order valence-electron chi connectivity index (χ1n) is 13.3. The Kier molecular flexibility index (Phi) is 11.2. The van der Waals surface area contributed by atoms with Crippen LogP contribution < -0.4 is 10.6 Å². The summed E-state index contributed by atoms with van der Waals surface area (Å²) in [5, 5.41) is 16.5. The van der Waals surface area contributed by atoms with Gasteiger partial charge in [0.1, 0.15) is 23.4 Å². The number of hydrogen-bond donors (Lipinski definition) is 3. The van der Waals surface area contributed by atoms with E-state index in [9.17, 15) is 19.5 Å². The zero-order chi connectivity index (χ0) is 28.5. The third-order valence-electron chi connectivity index (χ3n) is 6.38. The topological polar surface area (TPSA) is 108 Å². The summed E-state index contributed by atoms with van der Waals surface area (Å²) in [5.41, 5.74) is 1.06. The summed E-state index contributed by atoms with van der Waals surface area (Å²) in [6, 6.07) is 11.8. The van der Waals surface area contributed by atoms with E-state index in [0.29, 0.717) is 24.1 Å². The second-order valence-corrected chi connectivity index (χ2v) is 10.7. The van der Waals surface area contributed by atoms with Crippen LogP contribution in [0.1, 0.15) is 78.0 Å². The highest BCUT2D eigenvalue weighted by atomic mass is 16.6. The third kappa shape index (κ3) is 8.50. The van der Waals surface area contributed by atoms with Gasteiger partial charge in [-0.3, -0.25) is 9.59 Å². The molecule has 0 saturated heterocycles. The van der Waals surface area contributed by atoms with Crippen LogP contribution in [-0.2, 0) is 14.3 Å². The Morgan fingerprint density at radius 1 is 1.03 bits per heavy atom. The number of phenolic OH excluding ortho intramolecular Hbond substituents is 1. The van der Waals surface area contributed by atoms with Gasteiger partial charge in [0.25, 0.3) is 5.91 Å². The molecule has 0 heterocycles. The maximum Gasteiger partial charge on any atom is 0.408 e. The maximum atomic E-state index is 14.2. The van der Waals surface area contributed by atoms with Crippen molar-refractivity contribution in [1.29, 1.82) is 0 Å². The third-order valence-corrected chi connectivity index (χ3v) is 6.38. The SMILES string of the molecule is CCCCN(C(=O)C(NC(=O)OC(C)(C)C)C(C)CC)C(C(=O)Nc1ccccc1C)c1ccccc1O. The Labute approximate surface area is 226 Å². The smallest absolute Gasteiger partial charge is 0.408 e. The molecule has 3 N–H and O–H groups in total. The first-order chi connectivity index (χ1) is 17.9. The molecule has 2 aromatic rings. The molecule has 0 aliphatic carbocycles. The van der Waals surface area contributed by atoms with Crippen LogP contribution in [0, 0.1) is 12.8 Å². The van der Waals surface area contributed by atoms with Gasteiger partial charge in [0, 0.05) is 17.8 Å². The van der Waals surface area contributed by atoms with Crippen molar-refractivity contribution in [2.24, 2.45) is 5.92 Å². The van der Waals surface area contributed by atoms with E-state index < -0.39 is 35.6 Å². The molecular weight excluding hydrogens is 482 g/mol. The van der Waals surface area contributed by atoms with E-state index in [1.54, 1.807) is 45.0 Å². The van der Waals surface area contributed by atoms with Crippen molar-refractivity contribution in [2.45, 2.75) is 85.4 Å². The molecule has 3 unspecified atom stereocenters. The Morgan fingerprint density at radius 3 is 2.24 bits per heavy atom. The van der Waals surface area contributed by atoms with Crippen molar-refractivity contribution in [2.75, 3.05) is 11.9 Å². The van der Waals surface area contributed by atoms with Gasteiger partial charge in [-0.1, -0.05) is 70.0 Å². The highest BCUT2D eigenvalue weighted by Gasteiger charge is 2.39. The van der Waals surface area contributed by atoms with Crippen LogP contribution >= 0.6 is 0 Å². The molecule has 0 radical (unpaired) electrons. The summed E-state index contributed by atoms with van der Waals surface area (Å²) in [4.78, 5) is 42.3. The number of hydrogen-bond acceptors (Lipinski definition) is 5. The van der Waals surface area contributed by atoms with Crippen LogP contribution in [0.3, 0.4) is 0 Å². The number of aromatic hydroxyl groups is 1. The van der Waals surface area contributed by atoms with Crippen LogP contribution in [-0.4, -0.2) is 46.1 Å². The van der Waals surface area contributed by atoms with Crippen molar-refractivity contribution >= 4 is 23.6 Å². The van der Waals surface area contributed by atoms with Crippen molar-refractivity contribution in [3.8, 4) is 5.75 Å². The number of phenols is 1. The minimum atomic E-state index is -1.12. The number of carbonyl (C=O) groups excluding carboxylic acids is 3. The van der Waals surface area contributed by atoms with Crippen LogP contribution in [0.25, 0.3) is 0 Å². The molecule has 208 valence electrons. The lowest BCUT2D eigenvalue weighted by Gasteiger charge is -2.36. The minimum Gasteiger partial charge on any atom is -0.508 e. The van der Waals surface area contributed by atoms with E-state index in [2.05, 4.69) is 10.6 Å². The van der Waals surface area contributed by atoms with E-state index in [0.717, 1.165) is 12.0 Å². The summed E-state index contributed by atoms with van der Waals surface area (Å²) in [5.74, 6) is -1.19. The van der Waals surface area contributed by atoms with Gasteiger partial charge in [-0.05, 0) is 57.7 Å². The summed E-state index contributed by atoms with van der Waals surface area (Å²) < 4.78 is 5.44. The zero-order valence-corrected chi connectivity index (χ0v) is 23.7. The van der Waals surface area contributed by atoms with Crippen molar-refractivity contribution < 1.29 is 24.2 Å². The molecule has 0 saturated carbocycles. The first-order valence-corrected chi connectivity index (χ1v) is 13.3. The monoisotopic (exact) mass is 525 g/mol. The Morgan fingerprint density at radius 2 is 1.66 bits per heavy atom. The van der Waals surface area contributed by atoms with E-state index in [1.807, 2.05) is 45.9 Å². The number of nitrogens with zero attached hydrogens (tertiary/aromatic N) is 1. The summed E-state index contributed by atoms with van der Waals surface area (Å²) in [7, 11) is 0. The largest absolute Gasteiger partial charge is 0.508 e. The van der Waals surface area contributed by atoms with E-state index in [4.69, 9.17) is 4.74 Å². The number of alkyl carbamates (subject to hydrolysis) is 1. The molecule has 38 heavy (non-hydrogen) atoms. The van der Waals surface area contributed by atoms with Gasteiger partial charge >= 0.3 is 6.09 Å². The summed E-state index contributed by atoms with van der Waals surface area (Å²) in [6.07, 6.45) is 1.33. The van der Waals surface area contributed by atoms with Crippen LogP contribution in [0.2, 0.25) is 0 Å². The van der Waals surface area contributed by atoms with E-state index >= 15 is 0 Å². The molecule has 8 heteroatoms. The standard InChI is InChI=1S/C30H43N3O5/c1-8-10-19-33(28(36)25(20(3)9-2)32-29(37)38-30(5,6)7)26(22-16-12-14-18-24(22)34)27(35)31-23-17-13-11-15-21(23)4/h11-18,20,25-26,34H,8-10,19H2,1-7H3,(H,31,35)(H,32,37). The number of unbranched alkanes of at least 4 members (excludes halogenated alkanes) is 1. The van der Waals surface area contributed by atoms with Gasteiger partial charge in [0.2, 0.25) is 5.91 Å². The van der Waals surface area contributed by atoms with E-state index in [-0.39, 0.29) is 18.2 Å². The average Bonchev–Trinajstić information content (AvgIpc) is 2.85. The molecule has 0 bridgehead atoms. The second kappa shape index (κ2) is 13.8. The van der Waals surface area contributed by atoms with E-state index in [1.165, 1.54) is 11.0 Å². The number of aryl methyl sites for hydroxylation is 1. The number of ether oxygens (including phenoxy) is 1. The minimum absolute atomic E-state index is 0.0908. The molecule has 0 aromatic heterocycles. The number of nitrogens with one attached hydrogen (secondary N) is 2. The van der Waals surface area contributed by atoms with Crippen molar-refractivity contribution in [3.05, 3.63) is 59.7 Å². The van der Waals surface area contributed by atoms with Gasteiger partial charge in [-0.2, -0.15) is 0 Å². The number of anilines is 1. The average molecular weight is 526 g/mol. The molecule has 0 spiro atoms. The Balaban J connectivity index is 2.56. The highest BCUT2D eigenvalue weighted by Crippen LogP contribution is 2.32.